The molecule has 0 aromatic heterocycles. The van der Waals surface area contributed by atoms with Crippen molar-refractivity contribution in [3.63, 3.8) is 0 Å². The topological polar surface area (TPSA) is 18.5 Å². The van der Waals surface area contributed by atoms with Crippen molar-refractivity contribution >= 4 is 0 Å². The first kappa shape index (κ1) is 9.77. The average molecular weight is 187 g/mol. The third-order valence-electron chi connectivity index (χ3n) is 1.28. The first-order chi connectivity index (χ1) is 6.22. The van der Waals surface area contributed by atoms with Gasteiger partial charge in [0.15, 0.2) is 0 Å². The molecular formula is C9H9F2O2. The Morgan fingerprint density at radius 1 is 1.46 bits per heavy atom. The molecule has 1 rings (SSSR count). The Hall–Kier alpha value is -1.32. The number of alkyl halides is 2. The number of halogens is 2. The van der Waals surface area contributed by atoms with Gasteiger partial charge in [0.2, 0.25) is 0 Å². The van der Waals surface area contributed by atoms with Crippen LogP contribution in [0.4, 0.5) is 8.78 Å². The lowest BCUT2D eigenvalue weighted by atomic mass is 10.3. The summed E-state index contributed by atoms with van der Waals surface area (Å²) in [6, 6.07) is 6.92. The predicted molar refractivity (Wildman–Crippen MR) is 43.1 cm³/mol. The molecule has 0 saturated heterocycles. The van der Waals surface area contributed by atoms with Crippen LogP contribution >= 0.6 is 0 Å². The SMILES string of the molecule is CCOc1c[c]c(OC(F)F)cc1. The summed E-state index contributed by atoms with van der Waals surface area (Å²) in [7, 11) is 0. The van der Waals surface area contributed by atoms with Crippen LogP contribution in [0.1, 0.15) is 6.92 Å². The molecule has 1 radical (unpaired) electrons. The highest BCUT2D eigenvalue weighted by atomic mass is 19.3. The fourth-order valence-electron chi connectivity index (χ4n) is 0.822. The summed E-state index contributed by atoms with van der Waals surface area (Å²) in [6.07, 6.45) is 0. The Morgan fingerprint density at radius 3 is 2.69 bits per heavy atom. The molecule has 0 unspecified atom stereocenters. The van der Waals surface area contributed by atoms with Gasteiger partial charge in [-0.25, -0.2) is 0 Å². The molecule has 2 nitrogen and oxygen atoms in total. The van der Waals surface area contributed by atoms with Gasteiger partial charge in [-0.2, -0.15) is 8.78 Å². The molecule has 0 fully saturated rings. The van der Waals surface area contributed by atoms with Crippen molar-refractivity contribution in [2.45, 2.75) is 13.5 Å². The van der Waals surface area contributed by atoms with E-state index in [1.54, 1.807) is 6.07 Å². The fraction of sp³-hybridized carbons (Fsp3) is 0.333. The molecule has 13 heavy (non-hydrogen) atoms. The lowest BCUT2D eigenvalue weighted by molar-refractivity contribution is -0.0500. The Bertz CT molecular complexity index is 246. The minimum absolute atomic E-state index is 0.0125. The Labute approximate surface area is 75.1 Å². The van der Waals surface area contributed by atoms with Gasteiger partial charge in [-0.3, -0.25) is 0 Å². The number of rotatable bonds is 4. The summed E-state index contributed by atoms with van der Waals surface area (Å²) in [6.45, 7) is -0.443. The van der Waals surface area contributed by atoms with Crippen LogP contribution in [0.2, 0.25) is 0 Å². The number of hydrogen-bond acceptors (Lipinski definition) is 2. The second-order valence-electron chi connectivity index (χ2n) is 2.20. The summed E-state index contributed by atoms with van der Waals surface area (Å²) in [5, 5.41) is 0. The molecule has 0 atom stereocenters. The highest BCUT2D eigenvalue weighted by molar-refractivity contribution is 5.29. The molecule has 0 aliphatic rings. The third kappa shape index (κ3) is 3.27. The maximum absolute atomic E-state index is 11.7. The number of benzene rings is 1. The van der Waals surface area contributed by atoms with E-state index in [4.69, 9.17) is 4.74 Å². The standard InChI is InChI=1S/C9H9F2O2/c1-2-12-7-3-5-8(6-4-7)13-9(10)11/h3-5,9H,2H2,1H3. The average Bonchev–Trinajstić information content (AvgIpc) is 2.08. The maximum Gasteiger partial charge on any atom is 0.387 e. The van der Waals surface area contributed by atoms with Crippen LogP contribution < -0.4 is 9.47 Å². The van der Waals surface area contributed by atoms with Crippen molar-refractivity contribution < 1.29 is 18.3 Å². The molecule has 1 aromatic rings. The zero-order valence-electron chi connectivity index (χ0n) is 7.09. The second-order valence-corrected chi connectivity index (χ2v) is 2.20. The second kappa shape index (κ2) is 4.64. The predicted octanol–water partition coefficient (Wildman–Crippen LogP) is 2.49. The van der Waals surface area contributed by atoms with Crippen LogP contribution in [0, 0.1) is 6.07 Å². The molecule has 1 aromatic carbocycles. The van der Waals surface area contributed by atoms with Gasteiger partial charge in [-0.15, -0.1) is 0 Å². The van der Waals surface area contributed by atoms with E-state index < -0.39 is 6.61 Å². The van der Waals surface area contributed by atoms with Crippen molar-refractivity contribution in [3.8, 4) is 11.5 Å². The van der Waals surface area contributed by atoms with Crippen LogP contribution in [0.25, 0.3) is 0 Å². The van der Waals surface area contributed by atoms with Gasteiger partial charge in [0, 0.05) is 6.07 Å². The molecule has 0 spiro atoms. The van der Waals surface area contributed by atoms with Crippen LogP contribution in [0.15, 0.2) is 18.2 Å². The zero-order chi connectivity index (χ0) is 9.68. The van der Waals surface area contributed by atoms with Crippen LogP contribution in [0.3, 0.4) is 0 Å². The Morgan fingerprint density at radius 2 is 2.23 bits per heavy atom. The van der Waals surface area contributed by atoms with Gasteiger partial charge in [-0.1, -0.05) is 0 Å². The summed E-state index contributed by atoms with van der Waals surface area (Å²) < 4.78 is 32.6. The summed E-state index contributed by atoms with van der Waals surface area (Å²) in [5.74, 6) is 0.600. The lowest BCUT2D eigenvalue weighted by Gasteiger charge is -2.05. The van der Waals surface area contributed by atoms with E-state index in [1.165, 1.54) is 12.1 Å². The first-order valence-corrected chi connectivity index (χ1v) is 3.81. The van der Waals surface area contributed by atoms with Crippen molar-refractivity contribution in [1.82, 2.24) is 0 Å². The van der Waals surface area contributed by atoms with E-state index in [0.717, 1.165) is 0 Å². The summed E-state index contributed by atoms with van der Waals surface area (Å²) in [4.78, 5) is 0. The van der Waals surface area contributed by atoms with Gasteiger partial charge in [0.1, 0.15) is 11.5 Å². The van der Waals surface area contributed by atoms with Crippen molar-refractivity contribution in [2.75, 3.05) is 6.61 Å². The molecule has 4 heteroatoms. The zero-order valence-corrected chi connectivity index (χ0v) is 7.09. The van der Waals surface area contributed by atoms with E-state index in [2.05, 4.69) is 10.8 Å². The lowest BCUT2D eigenvalue weighted by Crippen LogP contribution is -2.01. The summed E-state index contributed by atoms with van der Waals surface area (Å²) >= 11 is 0. The third-order valence-corrected chi connectivity index (χ3v) is 1.28. The highest BCUT2D eigenvalue weighted by Gasteiger charge is 2.03. The molecule has 0 amide bonds. The van der Waals surface area contributed by atoms with Crippen LogP contribution in [0.5, 0.6) is 11.5 Å². The van der Waals surface area contributed by atoms with E-state index in [-0.39, 0.29) is 5.75 Å². The molecule has 0 aliphatic heterocycles. The molecule has 0 aliphatic carbocycles. The molecule has 0 heterocycles. The largest absolute Gasteiger partial charge is 0.494 e. The van der Waals surface area contributed by atoms with E-state index in [0.29, 0.717) is 12.4 Å². The maximum atomic E-state index is 11.7. The van der Waals surface area contributed by atoms with Crippen molar-refractivity contribution in [3.05, 3.63) is 24.3 Å². The highest BCUT2D eigenvalue weighted by Crippen LogP contribution is 2.18. The number of ether oxygens (including phenoxy) is 2. The van der Waals surface area contributed by atoms with Crippen LogP contribution in [-0.4, -0.2) is 13.2 Å². The molecular weight excluding hydrogens is 178 g/mol. The molecule has 0 bridgehead atoms. The van der Waals surface area contributed by atoms with Gasteiger partial charge in [0.25, 0.3) is 0 Å². The van der Waals surface area contributed by atoms with Gasteiger partial charge in [0.05, 0.1) is 6.61 Å². The minimum Gasteiger partial charge on any atom is -0.494 e. The molecule has 71 valence electrons. The first-order valence-electron chi connectivity index (χ1n) is 3.81. The molecule has 0 N–H and O–H groups in total. The summed E-state index contributed by atoms with van der Waals surface area (Å²) in [5.41, 5.74) is 0. The van der Waals surface area contributed by atoms with E-state index >= 15 is 0 Å². The van der Waals surface area contributed by atoms with Gasteiger partial charge < -0.3 is 9.47 Å². The molecule has 0 saturated carbocycles. The Kier molecular flexibility index (Phi) is 3.49. The van der Waals surface area contributed by atoms with Gasteiger partial charge in [-0.05, 0) is 25.1 Å². The quantitative estimate of drug-likeness (QED) is 0.720. The fourth-order valence-corrected chi connectivity index (χ4v) is 0.822. The monoisotopic (exact) mass is 187 g/mol. The minimum atomic E-state index is -2.81. The normalized spacial score (nSPS) is 10.2. The van der Waals surface area contributed by atoms with Crippen LogP contribution in [-0.2, 0) is 0 Å². The number of hydrogen-bond donors (Lipinski definition) is 0. The van der Waals surface area contributed by atoms with E-state index in [1.807, 2.05) is 6.92 Å². The Balaban J connectivity index is 2.59. The van der Waals surface area contributed by atoms with Crippen molar-refractivity contribution in [1.29, 1.82) is 0 Å². The smallest absolute Gasteiger partial charge is 0.387 e. The van der Waals surface area contributed by atoms with Gasteiger partial charge >= 0.3 is 6.61 Å². The van der Waals surface area contributed by atoms with Crippen molar-refractivity contribution in [2.24, 2.45) is 0 Å². The van der Waals surface area contributed by atoms with E-state index in [9.17, 15) is 8.78 Å².